The third-order valence-corrected chi connectivity index (χ3v) is 4.06. The first kappa shape index (κ1) is 15.0. The molecule has 3 nitrogen and oxygen atoms in total. The molecule has 0 bridgehead atoms. The number of benzene rings is 1. The Hall–Kier alpha value is -1.35. The van der Waals surface area contributed by atoms with E-state index in [1.165, 1.54) is 31.2 Å². The largest absolute Gasteiger partial charge is 0.387 e. The lowest BCUT2D eigenvalue weighted by Crippen LogP contribution is -2.23. The molecule has 20 heavy (non-hydrogen) atoms. The van der Waals surface area contributed by atoms with Crippen LogP contribution in [0.4, 0.5) is 0 Å². The van der Waals surface area contributed by atoms with Crippen LogP contribution < -0.4 is 5.73 Å². The first-order valence-corrected chi connectivity index (χ1v) is 7.78. The topological polar surface area (TPSA) is 41.6 Å². The molecule has 0 radical (unpaired) electrons. The Bertz CT molecular complexity index is 408. The van der Waals surface area contributed by atoms with Crippen LogP contribution in [-0.2, 0) is 6.54 Å². The van der Waals surface area contributed by atoms with Crippen LogP contribution in [0.2, 0.25) is 0 Å². The second-order valence-corrected chi connectivity index (χ2v) is 5.86. The average Bonchev–Trinajstić information content (AvgIpc) is 2.99. The Morgan fingerprint density at radius 3 is 2.65 bits per heavy atom. The van der Waals surface area contributed by atoms with Crippen molar-refractivity contribution in [2.75, 3.05) is 20.1 Å². The fourth-order valence-corrected chi connectivity index (χ4v) is 2.87. The minimum Gasteiger partial charge on any atom is -0.387 e. The fraction of sp³-hybridized carbons (Fsp3) is 0.588. The van der Waals surface area contributed by atoms with Gasteiger partial charge in [-0.15, -0.1) is 0 Å². The molecule has 1 saturated carbocycles. The molecule has 1 fully saturated rings. The highest BCUT2D eigenvalue weighted by molar-refractivity contribution is 5.83. The molecule has 2 N–H and O–H groups in total. The van der Waals surface area contributed by atoms with E-state index in [0.29, 0.717) is 5.92 Å². The number of aliphatic imine (C=N–C) groups is 1. The van der Waals surface area contributed by atoms with Crippen LogP contribution >= 0.6 is 0 Å². The summed E-state index contributed by atoms with van der Waals surface area (Å²) >= 11 is 0. The summed E-state index contributed by atoms with van der Waals surface area (Å²) in [6, 6.07) is 10.6. The van der Waals surface area contributed by atoms with E-state index in [2.05, 4.69) is 47.3 Å². The minimum absolute atomic E-state index is 0.567. The Balaban J connectivity index is 1.64. The molecular formula is C17H27N3. The molecule has 0 aromatic heterocycles. The molecule has 0 spiro atoms. The molecule has 1 aromatic rings. The van der Waals surface area contributed by atoms with Crippen molar-refractivity contribution < 1.29 is 0 Å². The van der Waals surface area contributed by atoms with Crippen LogP contribution in [0.25, 0.3) is 0 Å². The summed E-state index contributed by atoms with van der Waals surface area (Å²) < 4.78 is 0. The molecule has 110 valence electrons. The van der Waals surface area contributed by atoms with Gasteiger partial charge < -0.3 is 10.6 Å². The number of rotatable bonds is 7. The van der Waals surface area contributed by atoms with Crippen molar-refractivity contribution in [1.82, 2.24) is 4.90 Å². The third kappa shape index (κ3) is 4.97. The highest BCUT2D eigenvalue weighted by Gasteiger charge is 2.17. The van der Waals surface area contributed by atoms with E-state index in [4.69, 9.17) is 5.73 Å². The van der Waals surface area contributed by atoms with Gasteiger partial charge in [-0.05, 0) is 38.4 Å². The fourth-order valence-electron chi connectivity index (χ4n) is 2.87. The maximum absolute atomic E-state index is 6.06. The van der Waals surface area contributed by atoms with E-state index >= 15 is 0 Å². The summed E-state index contributed by atoms with van der Waals surface area (Å²) in [5, 5.41) is 0. The molecule has 0 aliphatic heterocycles. The van der Waals surface area contributed by atoms with Crippen molar-refractivity contribution in [2.45, 2.75) is 38.6 Å². The number of amidine groups is 1. The van der Waals surface area contributed by atoms with Crippen LogP contribution in [0.5, 0.6) is 0 Å². The van der Waals surface area contributed by atoms with Crippen LogP contribution in [0.1, 0.15) is 37.7 Å². The summed E-state index contributed by atoms with van der Waals surface area (Å²) in [6.45, 7) is 2.93. The van der Waals surface area contributed by atoms with E-state index < -0.39 is 0 Å². The maximum atomic E-state index is 6.06. The smallest absolute Gasteiger partial charge is 0.0968 e. The van der Waals surface area contributed by atoms with Gasteiger partial charge in [-0.3, -0.25) is 4.99 Å². The van der Waals surface area contributed by atoms with Crippen molar-refractivity contribution >= 4 is 5.84 Å². The lowest BCUT2D eigenvalue weighted by Gasteiger charge is -2.16. The monoisotopic (exact) mass is 273 g/mol. The first-order chi connectivity index (χ1) is 9.75. The maximum Gasteiger partial charge on any atom is 0.0968 e. The zero-order chi connectivity index (χ0) is 14.2. The van der Waals surface area contributed by atoms with Gasteiger partial charge >= 0.3 is 0 Å². The van der Waals surface area contributed by atoms with Crippen LogP contribution in [-0.4, -0.2) is 30.9 Å². The van der Waals surface area contributed by atoms with Crippen LogP contribution in [0.15, 0.2) is 35.3 Å². The lowest BCUT2D eigenvalue weighted by molar-refractivity contribution is 0.324. The average molecular weight is 273 g/mol. The van der Waals surface area contributed by atoms with E-state index in [0.717, 1.165) is 31.9 Å². The van der Waals surface area contributed by atoms with Gasteiger partial charge in [0.15, 0.2) is 0 Å². The number of nitrogens with zero attached hydrogens (tertiary/aromatic N) is 2. The molecule has 0 unspecified atom stereocenters. The molecule has 0 heterocycles. The van der Waals surface area contributed by atoms with Gasteiger partial charge in [0.25, 0.3) is 0 Å². The van der Waals surface area contributed by atoms with Gasteiger partial charge in [-0.1, -0.05) is 43.2 Å². The van der Waals surface area contributed by atoms with Gasteiger partial charge in [-0.2, -0.15) is 0 Å². The van der Waals surface area contributed by atoms with Gasteiger partial charge in [0.05, 0.1) is 5.84 Å². The van der Waals surface area contributed by atoms with Gasteiger partial charge in [0.1, 0.15) is 0 Å². The molecule has 3 heteroatoms. The van der Waals surface area contributed by atoms with E-state index in [1.807, 2.05) is 0 Å². The van der Waals surface area contributed by atoms with Crippen molar-refractivity contribution in [3.63, 3.8) is 0 Å². The van der Waals surface area contributed by atoms with E-state index in [9.17, 15) is 0 Å². The molecule has 1 aromatic carbocycles. The van der Waals surface area contributed by atoms with Crippen LogP contribution in [0, 0.1) is 5.92 Å². The quantitative estimate of drug-likeness (QED) is 0.471. The standard InChI is InChI=1S/C17H27N3/c1-20(14-15-8-3-2-4-9-15)13-7-12-19-17(18)16-10-5-6-11-16/h2-4,8-9,16H,5-7,10-14H2,1H3,(H2,18,19). The summed E-state index contributed by atoms with van der Waals surface area (Å²) in [6.07, 6.45) is 6.20. The second-order valence-electron chi connectivity index (χ2n) is 5.86. The van der Waals surface area contributed by atoms with Crippen LogP contribution in [0.3, 0.4) is 0 Å². The molecule has 2 rings (SSSR count). The summed E-state index contributed by atoms with van der Waals surface area (Å²) in [7, 11) is 2.16. The molecular weight excluding hydrogens is 246 g/mol. The lowest BCUT2D eigenvalue weighted by atomic mass is 10.1. The SMILES string of the molecule is CN(CCCN=C(N)C1CCCC1)Cc1ccccc1. The Kier molecular flexibility index (Phi) is 6.06. The first-order valence-electron chi connectivity index (χ1n) is 7.78. The van der Waals surface area contributed by atoms with Gasteiger partial charge in [0, 0.05) is 19.0 Å². The number of hydrogen-bond acceptors (Lipinski definition) is 2. The Morgan fingerprint density at radius 1 is 1.25 bits per heavy atom. The van der Waals surface area contributed by atoms with Gasteiger partial charge in [-0.25, -0.2) is 0 Å². The van der Waals surface area contributed by atoms with Crippen molar-refractivity contribution in [2.24, 2.45) is 16.6 Å². The normalized spacial score (nSPS) is 17.0. The third-order valence-electron chi connectivity index (χ3n) is 4.06. The van der Waals surface area contributed by atoms with E-state index in [1.54, 1.807) is 0 Å². The highest BCUT2D eigenvalue weighted by Crippen LogP contribution is 2.24. The summed E-state index contributed by atoms with van der Waals surface area (Å²) in [5.74, 6) is 1.46. The molecule has 1 aliphatic carbocycles. The second kappa shape index (κ2) is 8.05. The molecule has 1 aliphatic rings. The Labute approximate surface area is 122 Å². The van der Waals surface area contributed by atoms with E-state index in [-0.39, 0.29) is 0 Å². The van der Waals surface area contributed by atoms with Crippen molar-refractivity contribution in [1.29, 1.82) is 0 Å². The minimum atomic E-state index is 0.567. The predicted molar refractivity (Wildman–Crippen MR) is 85.8 cm³/mol. The zero-order valence-electron chi connectivity index (χ0n) is 12.6. The molecule has 0 atom stereocenters. The zero-order valence-corrected chi connectivity index (χ0v) is 12.6. The van der Waals surface area contributed by atoms with Crippen molar-refractivity contribution in [3.8, 4) is 0 Å². The summed E-state index contributed by atoms with van der Waals surface area (Å²) in [5.41, 5.74) is 7.42. The number of nitrogens with two attached hydrogens (primary N) is 1. The highest BCUT2D eigenvalue weighted by atomic mass is 15.1. The predicted octanol–water partition coefficient (Wildman–Crippen LogP) is 3.06. The van der Waals surface area contributed by atoms with Crippen molar-refractivity contribution in [3.05, 3.63) is 35.9 Å². The molecule has 0 amide bonds. The Morgan fingerprint density at radius 2 is 1.95 bits per heavy atom. The number of hydrogen-bond donors (Lipinski definition) is 1. The van der Waals surface area contributed by atoms with Gasteiger partial charge in [0.2, 0.25) is 0 Å². The molecule has 0 saturated heterocycles. The summed E-state index contributed by atoms with van der Waals surface area (Å²) in [4.78, 5) is 6.90.